The van der Waals surface area contributed by atoms with Crippen molar-refractivity contribution in [3.05, 3.63) is 0 Å². The molecule has 2 nitrogen and oxygen atoms in total. The SMILES string of the molecule is CCCC(C)(O)C(C)=NC(C)C. The maximum Gasteiger partial charge on any atom is 0.0991 e. The maximum absolute atomic E-state index is 9.90. The zero-order valence-corrected chi connectivity index (χ0v) is 8.89. The quantitative estimate of drug-likeness (QED) is 0.647. The zero-order chi connectivity index (χ0) is 9.78. The molecule has 0 saturated heterocycles. The van der Waals surface area contributed by atoms with Crippen molar-refractivity contribution in [2.24, 2.45) is 4.99 Å². The Morgan fingerprint density at radius 3 is 2.33 bits per heavy atom. The highest BCUT2D eigenvalue weighted by Crippen LogP contribution is 2.14. The topological polar surface area (TPSA) is 32.6 Å². The van der Waals surface area contributed by atoms with Crippen molar-refractivity contribution in [1.82, 2.24) is 0 Å². The van der Waals surface area contributed by atoms with Gasteiger partial charge in [0.1, 0.15) is 0 Å². The predicted octanol–water partition coefficient (Wildman–Crippen LogP) is 2.41. The van der Waals surface area contributed by atoms with Gasteiger partial charge in [-0.05, 0) is 34.1 Å². The van der Waals surface area contributed by atoms with E-state index in [2.05, 4.69) is 11.9 Å². The second-order valence-corrected chi connectivity index (χ2v) is 3.83. The fraction of sp³-hybridized carbons (Fsp3) is 0.900. The van der Waals surface area contributed by atoms with E-state index >= 15 is 0 Å². The van der Waals surface area contributed by atoms with Crippen molar-refractivity contribution < 1.29 is 5.11 Å². The first-order chi connectivity index (χ1) is 5.40. The summed E-state index contributed by atoms with van der Waals surface area (Å²) >= 11 is 0. The molecule has 12 heavy (non-hydrogen) atoms. The molecule has 0 aliphatic heterocycles. The van der Waals surface area contributed by atoms with Gasteiger partial charge in [0.25, 0.3) is 0 Å². The van der Waals surface area contributed by atoms with Gasteiger partial charge in [-0.25, -0.2) is 0 Å². The number of hydrogen-bond acceptors (Lipinski definition) is 2. The molecule has 0 heterocycles. The molecule has 0 radical (unpaired) electrons. The van der Waals surface area contributed by atoms with E-state index in [1.54, 1.807) is 0 Å². The van der Waals surface area contributed by atoms with E-state index in [1.807, 2.05) is 27.7 Å². The molecule has 1 atom stereocenters. The number of aliphatic imine (C=N–C) groups is 1. The third kappa shape index (κ3) is 3.86. The van der Waals surface area contributed by atoms with Crippen molar-refractivity contribution >= 4 is 5.71 Å². The van der Waals surface area contributed by atoms with Gasteiger partial charge in [0.05, 0.1) is 5.60 Å². The first-order valence-corrected chi connectivity index (χ1v) is 4.67. The number of rotatable bonds is 4. The molecular weight excluding hydrogens is 150 g/mol. The maximum atomic E-state index is 9.90. The third-order valence-electron chi connectivity index (χ3n) is 1.97. The summed E-state index contributed by atoms with van der Waals surface area (Å²) < 4.78 is 0. The average molecular weight is 171 g/mol. The van der Waals surface area contributed by atoms with Crippen LogP contribution in [0.1, 0.15) is 47.5 Å². The van der Waals surface area contributed by atoms with E-state index in [0.717, 1.165) is 18.6 Å². The second kappa shape index (κ2) is 4.61. The molecule has 0 aliphatic carbocycles. The molecule has 1 N–H and O–H groups in total. The van der Waals surface area contributed by atoms with Crippen LogP contribution in [0.3, 0.4) is 0 Å². The van der Waals surface area contributed by atoms with E-state index < -0.39 is 5.60 Å². The second-order valence-electron chi connectivity index (χ2n) is 3.83. The van der Waals surface area contributed by atoms with Crippen molar-refractivity contribution in [2.45, 2.75) is 59.1 Å². The van der Waals surface area contributed by atoms with Crippen LogP contribution in [0.4, 0.5) is 0 Å². The lowest BCUT2D eigenvalue weighted by Crippen LogP contribution is -2.33. The lowest BCUT2D eigenvalue weighted by Gasteiger charge is -2.23. The third-order valence-corrected chi connectivity index (χ3v) is 1.97. The standard InChI is InChI=1S/C10H21NO/c1-6-7-10(5,12)9(4)11-8(2)3/h8,12H,6-7H2,1-5H3. The van der Waals surface area contributed by atoms with E-state index in [1.165, 1.54) is 0 Å². The smallest absolute Gasteiger partial charge is 0.0991 e. The summed E-state index contributed by atoms with van der Waals surface area (Å²) in [6.07, 6.45) is 1.77. The van der Waals surface area contributed by atoms with Crippen LogP contribution in [0.25, 0.3) is 0 Å². The van der Waals surface area contributed by atoms with E-state index in [9.17, 15) is 5.11 Å². The van der Waals surface area contributed by atoms with E-state index in [4.69, 9.17) is 0 Å². The van der Waals surface area contributed by atoms with Crippen LogP contribution in [0, 0.1) is 0 Å². The van der Waals surface area contributed by atoms with Gasteiger partial charge in [0, 0.05) is 11.8 Å². The minimum atomic E-state index is -0.709. The van der Waals surface area contributed by atoms with Crippen molar-refractivity contribution in [3.63, 3.8) is 0 Å². The van der Waals surface area contributed by atoms with Crippen LogP contribution in [0.15, 0.2) is 4.99 Å². The molecule has 2 heteroatoms. The van der Waals surface area contributed by atoms with Gasteiger partial charge in [-0.2, -0.15) is 0 Å². The minimum Gasteiger partial charge on any atom is -0.384 e. The Balaban J connectivity index is 4.33. The predicted molar refractivity (Wildman–Crippen MR) is 53.8 cm³/mol. The number of aliphatic hydroxyl groups is 1. The highest BCUT2D eigenvalue weighted by Gasteiger charge is 2.22. The Hall–Kier alpha value is -0.370. The van der Waals surface area contributed by atoms with Crippen molar-refractivity contribution in [2.75, 3.05) is 0 Å². The summed E-state index contributed by atoms with van der Waals surface area (Å²) in [5, 5.41) is 9.90. The number of nitrogens with zero attached hydrogens (tertiary/aromatic N) is 1. The molecule has 0 aromatic heterocycles. The Kier molecular flexibility index (Phi) is 4.46. The molecule has 0 fully saturated rings. The normalized spacial score (nSPS) is 18.1. The van der Waals surface area contributed by atoms with Crippen molar-refractivity contribution in [3.8, 4) is 0 Å². The molecule has 0 aromatic carbocycles. The molecular formula is C10H21NO. The lowest BCUT2D eigenvalue weighted by atomic mass is 9.95. The fourth-order valence-electron chi connectivity index (χ4n) is 1.19. The molecule has 0 spiro atoms. The lowest BCUT2D eigenvalue weighted by molar-refractivity contribution is 0.120. The summed E-state index contributed by atoms with van der Waals surface area (Å²) in [7, 11) is 0. The summed E-state index contributed by atoms with van der Waals surface area (Å²) in [6.45, 7) is 9.83. The van der Waals surface area contributed by atoms with Gasteiger partial charge in [0.2, 0.25) is 0 Å². The van der Waals surface area contributed by atoms with E-state index in [-0.39, 0.29) is 6.04 Å². The molecule has 0 amide bonds. The highest BCUT2D eigenvalue weighted by atomic mass is 16.3. The molecule has 72 valence electrons. The minimum absolute atomic E-state index is 0.272. The van der Waals surface area contributed by atoms with Crippen LogP contribution in [0.2, 0.25) is 0 Å². The van der Waals surface area contributed by atoms with Crippen LogP contribution in [-0.2, 0) is 0 Å². The van der Waals surface area contributed by atoms with Gasteiger partial charge < -0.3 is 5.11 Å². The van der Waals surface area contributed by atoms with Gasteiger partial charge in [0.15, 0.2) is 0 Å². The summed E-state index contributed by atoms with van der Waals surface area (Å²) in [4.78, 5) is 4.33. The van der Waals surface area contributed by atoms with Gasteiger partial charge in [-0.3, -0.25) is 4.99 Å². The molecule has 0 saturated carbocycles. The largest absolute Gasteiger partial charge is 0.384 e. The average Bonchev–Trinajstić information content (AvgIpc) is 1.85. The van der Waals surface area contributed by atoms with E-state index in [0.29, 0.717) is 0 Å². The molecule has 0 bridgehead atoms. The van der Waals surface area contributed by atoms with Gasteiger partial charge >= 0.3 is 0 Å². The summed E-state index contributed by atoms with van der Waals surface area (Å²) in [5.74, 6) is 0. The Bertz CT molecular complexity index is 159. The van der Waals surface area contributed by atoms with Crippen LogP contribution in [-0.4, -0.2) is 22.5 Å². The Morgan fingerprint density at radius 1 is 1.50 bits per heavy atom. The molecule has 0 aromatic rings. The molecule has 0 rings (SSSR count). The Morgan fingerprint density at radius 2 is 2.00 bits per heavy atom. The number of hydrogen-bond donors (Lipinski definition) is 1. The van der Waals surface area contributed by atoms with Gasteiger partial charge in [-0.1, -0.05) is 13.3 Å². The van der Waals surface area contributed by atoms with Crippen molar-refractivity contribution in [1.29, 1.82) is 0 Å². The zero-order valence-electron chi connectivity index (χ0n) is 8.89. The van der Waals surface area contributed by atoms with Crippen LogP contribution >= 0.6 is 0 Å². The van der Waals surface area contributed by atoms with Gasteiger partial charge in [-0.15, -0.1) is 0 Å². The first-order valence-electron chi connectivity index (χ1n) is 4.67. The van der Waals surface area contributed by atoms with Crippen LogP contribution < -0.4 is 0 Å². The summed E-state index contributed by atoms with van der Waals surface area (Å²) in [6, 6.07) is 0.272. The summed E-state index contributed by atoms with van der Waals surface area (Å²) in [5.41, 5.74) is 0.137. The monoisotopic (exact) mass is 171 g/mol. The van der Waals surface area contributed by atoms with Crippen LogP contribution in [0.5, 0.6) is 0 Å². The molecule has 0 aliphatic rings. The molecule has 1 unspecified atom stereocenters. The first kappa shape index (κ1) is 11.6. The fourth-order valence-corrected chi connectivity index (χ4v) is 1.19. The Labute approximate surface area is 75.7 Å². The highest BCUT2D eigenvalue weighted by molar-refractivity contribution is 5.89.